The maximum absolute atomic E-state index is 12.5. The molecule has 6 heteroatoms. The van der Waals surface area contributed by atoms with Gasteiger partial charge < -0.3 is 16.0 Å². The third-order valence-corrected chi connectivity index (χ3v) is 4.84. The van der Waals surface area contributed by atoms with Crippen molar-refractivity contribution in [3.63, 3.8) is 0 Å². The quantitative estimate of drug-likeness (QED) is 0.804. The van der Waals surface area contributed by atoms with Crippen LogP contribution in [0.2, 0.25) is 0 Å². The molecule has 1 atom stereocenters. The Morgan fingerprint density at radius 1 is 1.09 bits per heavy atom. The van der Waals surface area contributed by atoms with Crippen LogP contribution in [0, 0.1) is 11.3 Å². The molecule has 2 amide bonds. The third-order valence-electron chi connectivity index (χ3n) is 4.84. The number of nitrogens with zero attached hydrogens (tertiary/aromatic N) is 1. The molecular weight excluding hydrogens is 314 g/mol. The highest BCUT2D eigenvalue weighted by Gasteiger charge is 2.34. The Labute approximate surface area is 146 Å². The first-order chi connectivity index (χ1) is 10.3. The van der Waals surface area contributed by atoms with Crippen LogP contribution in [-0.2, 0) is 9.59 Å². The number of nitrogens with one attached hydrogen (secondary N) is 1. The first-order valence-corrected chi connectivity index (χ1v) is 8.62. The summed E-state index contributed by atoms with van der Waals surface area (Å²) in [7, 11) is 0. The molecule has 1 aliphatic carbocycles. The standard InChI is InChI=1S/C17H31N3O2.ClH/c1-17(2,3)16(22)20-10-4-5-12(11-20)15(21)19-14-8-6-13(18)7-9-14;/h12-14H,4-11,18H2,1-3H3,(H,19,21);1H. The Morgan fingerprint density at radius 3 is 2.26 bits per heavy atom. The number of amides is 2. The van der Waals surface area contributed by atoms with Crippen molar-refractivity contribution >= 4 is 24.2 Å². The summed E-state index contributed by atoms with van der Waals surface area (Å²) in [6.07, 6.45) is 5.73. The van der Waals surface area contributed by atoms with E-state index in [4.69, 9.17) is 5.73 Å². The zero-order valence-electron chi connectivity index (χ0n) is 14.6. The highest BCUT2D eigenvalue weighted by Crippen LogP contribution is 2.24. The van der Waals surface area contributed by atoms with Crippen LogP contribution < -0.4 is 11.1 Å². The van der Waals surface area contributed by atoms with E-state index in [-0.39, 0.29) is 41.6 Å². The molecule has 2 rings (SSSR count). The summed E-state index contributed by atoms with van der Waals surface area (Å²) in [5.74, 6) is 0.205. The zero-order chi connectivity index (χ0) is 16.3. The van der Waals surface area contributed by atoms with Gasteiger partial charge in [0.05, 0.1) is 5.92 Å². The average molecular weight is 346 g/mol. The molecule has 1 unspecified atom stereocenters. The molecule has 1 aliphatic heterocycles. The molecule has 5 nitrogen and oxygen atoms in total. The second kappa shape index (κ2) is 8.34. The minimum absolute atomic E-state index is 0. The van der Waals surface area contributed by atoms with Crippen molar-refractivity contribution in [1.82, 2.24) is 10.2 Å². The number of piperidine rings is 1. The van der Waals surface area contributed by atoms with E-state index in [9.17, 15) is 9.59 Å². The molecule has 0 aromatic rings. The lowest BCUT2D eigenvalue weighted by molar-refractivity contribution is -0.143. The molecule has 0 bridgehead atoms. The van der Waals surface area contributed by atoms with Crippen LogP contribution in [0.4, 0.5) is 0 Å². The van der Waals surface area contributed by atoms with Crippen LogP contribution in [0.1, 0.15) is 59.3 Å². The maximum atomic E-state index is 12.5. The van der Waals surface area contributed by atoms with Gasteiger partial charge in [-0.2, -0.15) is 0 Å². The molecule has 3 N–H and O–H groups in total. The van der Waals surface area contributed by atoms with Crippen LogP contribution in [0.25, 0.3) is 0 Å². The second-order valence-corrected chi connectivity index (χ2v) is 7.96. The van der Waals surface area contributed by atoms with E-state index in [2.05, 4.69) is 5.32 Å². The lowest BCUT2D eigenvalue weighted by Gasteiger charge is -2.36. The first kappa shape index (κ1) is 20.2. The number of hydrogen-bond donors (Lipinski definition) is 2. The molecule has 0 aromatic carbocycles. The largest absolute Gasteiger partial charge is 0.353 e. The fraction of sp³-hybridized carbons (Fsp3) is 0.882. The Balaban J connectivity index is 0.00000264. The highest BCUT2D eigenvalue weighted by molar-refractivity contribution is 5.85. The number of halogens is 1. The molecule has 134 valence electrons. The zero-order valence-corrected chi connectivity index (χ0v) is 15.5. The van der Waals surface area contributed by atoms with Gasteiger partial charge in [-0.05, 0) is 38.5 Å². The van der Waals surface area contributed by atoms with Crippen molar-refractivity contribution < 1.29 is 9.59 Å². The van der Waals surface area contributed by atoms with Crippen LogP contribution in [0.5, 0.6) is 0 Å². The number of nitrogens with two attached hydrogens (primary N) is 1. The van der Waals surface area contributed by atoms with Gasteiger partial charge in [-0.1, -0.05) is 20.8 Å². The smallest absolute Gasteiger partial charge is 0.227 e. The lowest BCUT2D eigenvalue weighted by atomic mass is 9.89. The minimum atomic E-state index is -0.377. The third kappa shape index (κ3) is 5.64. The summed E-state index contributed by atoms with van der Waals surface area (Å²) in [5.41, 5.74) is 5.53. The summed E-state index contributed by atoms with van der Waals surface area (Å²) in [6, 6.07) is 0.559. The predicted molar refractivity (Wildman–Crippen MR) is 94.4 cm³/mol. The van der Waals surface area contributed by atoms with Crippen molar-refractivity contribution in [3.8, 4) is 0 Å². The van der Waals surface area contributed by atoms with E-state index in [1.807, 2.05) is 25.7 Å². The summed E-state index contributed by atoms with van der Waals surface area (Å²) in [5, 5.41) is 3.17. The topological polar surface area (TPSA) is 75.4 Å². The molecule has 1 saturated heterocycles. The summed E-state index contributed by atoms with van der Waals surface area (Å²) in [6.45, 7) is 7.14. The van der Waals surface area contributed by atoms with Gasteiger partial charge in [0.2, 0.25) is 11.8 Å². The molecule has 0 spiro atoms. The number of carbonyl (C=O) groups is 2. The SMILES string of the molecule is CC(C)(C)C(=O)N1CCCC(C(=O)NC2CCC(N)CC2)C1.Cl. The van der Waals surface area contributed by atoms with E-state index >= 15 is 0 Å². The van der Waals surface area contributed by atoms with Crippen LogP contribution in [0.15, 0.2) is 0 Å². The van der Waals surface area contributed by atoms with Crippen LogP contribution in [-0.4, -0.2) is 41.9 Å². The fourth-order valence-corrected chi connectivity index (χ4v) is 3.43. The Kier molecular flexibility index (Phi) is 7.33. The molecule has 0 aromatic heterocycles. The normalized spacial score (nSPS) is 28.7. The van der Waals surface area contributed by atoms with E-state index in [1.54, 1.807) is 0 Å². The number of likely N-dealkylation sites (tertiary alicyclic amines) is 1. The van der Waals surface area contributed by atoms with Crippen molar-refractivity contribution in [2.75, 3.05) is 13.1 Å². The number of rotatable bonds is 2. The molecular formula is C17H32ClN3O2. The van der Waals surface area contributed by atoms with Crippen LogP contribution in [0.3, 0.4) is 0 Å². The monoisotopic (exact) mass is 345 g/mol. The minimum Gasteiger partial charge on any atom is -0.353 e. The van der Waals surface area contributed by atoms with Gasteiger partial charge in [0, 0.05) is 30.6 Å². The molecule has 2 aliphatic rings. The maximum Gasteiger partial charge on any atom is 0.227 e. The van der Waals surface area contributed by atoms with Gasteiger partial charge in [-0.15, -0.1) is 12.4 Å². The lowest BCUT2D eigenvalue weighted by Crippen LogP contribution is -2.50. The molecule has 2 fully saturated rings. The van der Waals surface area contributed by atoms with Gasteiger partial charge >= 0.3 is 0 Å². The predicted octanol–water partition coefficient (Wildman–Crippen LogP) is 2.08. The Morgan fingerprint density at radius 2 is 1.70 bits per heavy atom. The summed E-state index contributed by atoms with van der Waals surface area (Å²) in [4.78, 5) is 26.7. The van der Waals surface area contributed by atoms with Crippen molar-refractivity contribution in [1.29, 1.82) is 0 Å². The number of hydrogen-bond acceptors (Lipinski definition) is 3. The van der Waals surface area contributed by atoms with E-state index in [1.165, 1.54) is 0 Å². The molecule has 0 radical (unpaired) electrons. The van der Waals surface area contributed by atoms with E-state index < -0.39 is 0 Å². The van der Waals surface area contributed by atoms with Crippen LogP contribution >= 0.6 is 12.4 Å². The summed E-state index contributed by atoms with van der Waals surface area (Å²) >= 11 is 0. The summed E-state index contributed by atoms with van der Waals surface area (Å²) < 4.78 is 0. The average Bonchev–Trinajstić information content (AvgIpc) is 2.48. The number of carbonyl (C=O) groups excluding carboxylic acids is 2. The Bertz CT molecular complexity index is 415. The van der Waals surface area contributed by atoms with Crippen molar-refractivity contribution in [2.24, 2.45) is 17.1 Å². The van der Waals surface area contributed by atoms with Gasteiger partial charge in [0.25, 0.3) is 0 Å². The fourth-order valence-electron chi connectivity index (χ4n) is 3.43. The molecule has 23 heavy (non-hydrogen) atoms. The second-order valence-electron chi connectivity index (χ2n) is 7.96. The highest BCUT2D eigenvalue weighted by atomic mass is 35.5. The first-order valence-electron chi connectivity index (χ1n) is 8.62. The van der Waals surface area contributed by atoms with Gasteiger partial charge in [-0.25, -0.2) is 0 Å². The van der Waals surface area contributed by atoms with Crippen molar-refractivity contribution in [2.45, 2.75) is 71.4 Å². The van der Waals surface area contributed by atoms with E-state index in [0.29, 0.717) is 12.6 Å². The van der Waals surface area contributed by atoms with Gasteiger partial charge in [0.15, 0.2) is 0 Å². The van der Waals surface area contributed by atoms with Crippen molar-refractivity contribution in [3.05, 3.63) is 0 Å². The Hall–Kier alpha value is -0.810. The van der Waals surface area contributed by atoms with Gasteiger partial charge in [0.1, 0.15) is 0 Å². The molecule has 1 saturated carbocycles. The molecule has 1 heterocycles. The van der Waals surface area contributed by atoms with E-state index in [0.717, 1.165) is 45.1 Å². The van der Waals surface area contributed by atoms with Gasteiger partial charge in [-0.3, -0.25) is 9.59 Å².